The molecule has 1 heterocycles. The second kappa shape index (κ2) is 7.82. The zero-order valence-electron chi connectivity index (χ0n) is 13.1. The maximum absolute atomic E-state index is 12.2. The Labute approximate surface area is 162 Å². The summed E-state index contributed by atoms with van der Waals surface area (Å²) in [6, 6.07) is 10.8. The number of nitrogens with zero attached hydrogens (tertiary/aromatic N) is 2. The molecule has 0 spiro atoms. The average Bonchev–Trinajstić information content (AvgIpc) is 3.05. The van der Waals surface area contributed by atoms with Gasteiger partial charge < -0.3 is 0 Å². The Morgan fingerprint density at radius 2 is 1.88 bits per heavy atom. The SMILES string of the molecule is O=C(Nc1ncc(Cc2ccc(Cl)c(Cl)c2)s1)c1ccc([N+](=O)[O-])cc1. The van der Waals surface area contributed by atoms with Crippen molar-refractivity contribution in [3.63, 3.8) is 0 Å². The van der Waals surface area contributed by atoms with Gasteiger partial charge in [-0.15, -0.1) is 11.3 Å². The number of nitro groups is 1. The van der Waals surface area contributed by atoms with Crippen LogP contribution in [0.5, 0.6) is 0 Å². The first-order chi connectivity index (χ1) is 12.4. The molecule has 0 fully saturated rings. The highest BCUT2D eigenvalue weighted by molar-refractivity contribution is 7.15. The van der Waals surface area contributed by atoms with Gasteiger partial charge in [0.15, 0.2) is 5.13 Å². The van der Waals surface area contributed by atoms with Crippen LogP contribution in [0.15, 0.2) is 48.7 Å². The van der Waals surface area contributed by atoms with Crippen molar-refractivity contribution in [2.24, 2.45) is 0 Å². The molecule has 0 radical (unpaired) electrons. The average molecular weight is 408 g/mol. The fraction of sp³-hybridized carbons (Fsp3) is 0.0588. The van der Waals surface area contributed by atoms with Gasteiger partial charge in [-0.25, -0.2) is 4.98 Å². The molecule has 0 aliphatic carbocycles. The fourth-order valence-corrected chi connectivity index (χ4v) is 3.36. The van der Waals surface area contributed by atoms with Crippen LogP contribution in [0.2, 0.25) is 10.0 Å². The number of halogens is 2. The molecule has 0 aliphatic rings. The van der Waals surface area contributed by atoms with E-state index in [2.05, 4.69) is 10.3 Å². The van der Waals surface area contributed by atoms with E-state index in [-0.39, 0.29) is 11.6 Å². The van der Waals surface area contributed by atoms with Gasteiger partial charge in [0.25, 0.3) is 11.6 Å². The molecule has 0 bridgehead atoms. The van der Waals surface area contributed by atoms with E-state index in [1.807, 2.05) is 6.07 Å². The van der Waals surface area contributed by atoms with Gasteiger partial charge in [-0.3, -0.25) is 20.2 Å². The van der Waals surface area contributed by atoms with Crippen LogP contribution in [-0.2, 0) is 6.42 Å². The molecule has 0 saturated carbocycles. The quantitative estimate of drug-likeness (QED) is 0.464. The number of carbonyl (C=O) groups excluding carboxylic acids is 1. The van der Waals surface area contributed by atoms with E-state index >= 15 is 0 Å². The Balaban J connectivity index is 1.66. The van der Waals surface area contributed by atoms with Crippen molar-refractivity contribution in [3.8, 4) is 0 Å². The summed E-state index contributed by atoms with van der Waals surface area (Å²) in [5.74, 6) is -0.379. The summed E-state index contributed by atoms with van der Waals surface area (Å²) >= 11 is 13.3. The highest BCUT2D eigenvalue weighted by Gasteiger charge is 2.12. The third-order valence-corrected chi connectivity index (χ3v) is 5.13. The maximum Gasteiger partial charge on any atom is 0.269 e. The van der Waals surface area contributed by atoms with Crippen molar-refractivity contribution in [2.45, 2.75) is 6.42 Å². The molecule has 0 unspecified atom stereocenters. The van der Waals surface area contributed by atoms with Gasteiger partial charge in [0, 0.05) is 35.2 Å². The second-order valence-electron chi connectivity index (χ2n) is 5.32. The predicted octanol–water partition coefficient (Wildman–Crippen LogP) is 5.20. The molecule has 3 aromatic rings. The van der Waals surface area contributed by atoms with Crippen molar-refractivity contribution in [3.05, 3.63) is 84.8 Å². The lowest BCUT2D eigenvalue weighted by Gasteiger charge is -2.02. The highest BCUT2D eigenvalue weighted by atomic mass is 35.5. The topological polar surface area (TPSA) is 85.1 Å². The lowest BCUT2D eigenvalue weighted by atomic mass is 10.1. The van der Waals surface area contributed by atoms with Crippen molar-refractivity contribution in [2.75, 3.05) is 5.32 Å². The molecule has 2 aromatic carbocycles. The van der Waals surface area contributed by atoms with E-state index in [9.17, 15) is 14.9 Å². The summed E-state index contributed by atoms with van der Waals surface area (Å²) in [7, 11) is 0. The molecule has 3 rings (SSSR count). The molecular weight excluding hydrogens is 397 g/mol. The molecule has 1 aromatic heterocycles. The number of hydrogen-bond donors (Lipinski definition) is 1. The van der Waals surface area contributed by atoms with Gasteiger partial charge in [-0.2, -0.15) is 0 Å². The van der Waals surface area contributed by atoms with Gasteiger partial charge in [-0.1, -0.05) is 29.3 Å². The molecule has 6 nitrogen and oxygen atoms in total. The Morgan fingerprint density at radius 1 is 1.15 bits per heavy atom. The normalized spacial score (nSPS) is 10.5. The lowest BCUT2D eigenvalue weighted by Crippen LogP contribution is -2.11. The Morgan fingerprint density at radius 3 is 2.54 bits per heavy atom. The number of non-ortho nitro benzene ring substituents is 1. The summed E-state index contributed by atoms with van der Waals surface area (Å²) in [6.45, 7) is 0. The van der Waals surface area contributed by atoms with Crippen LogP contribution in [-0.4, -0.2) is 15.8 Å². The second-order valence-corrected chi connectivity index (χ2v) is 7.24. The van der Waals surface area contributed by atoms with Crippen LogP contribution in [0.3, 0.4) is 0 Å². The van der Waals surface area contributed by atoms with Crippen LogP contribution < -0.4 is 5.32 Å². The number of aromatic nitrogens is 1. The van der Waals surface area contributed by atoms with Crippen LogP contribution in [0.4, 0.5) is 10.8 Å². The Hall–Kier alpha value is -2.48. The number of thiazole rings is 1. The number of anilines is 1. The van der Waals surface area contributed by atoms with E-state index < -0.39 is 4.92 Å². The van der Waals surface area contributed by atoms with E-state index in [1.165, 1.54) is 35.6 Å². The van der Waals surface area contributed by atoms with E-state index in [4.69, 9.17) is 23.2 Å². The monoisotopic (exact) mass is 407 g/mol. The van der Waals surface area contributed by atoms with E-state index in [0.717, 1.165) is 10.4 Å². The Bertz CT molecular complexity index is 974. The van der Waals surface area contributed by atoms with Crippen molar-refractivity contribution in [1.29, 1.82) is 0 Å². The lowest BCUT2D eigenvalue weighted by molar-refractivity contribution is -0.384. The molecule has 1 N–H and O–H groups in total. The summed E-state index contributed by atoms with van der Waals surface area (Å²) in [5, 5.41) is 14.8. The number of nitro benzene ring substituents is 1. The van der Waals surface area contributed by atoms with Crippen molar-refractivity contribution >= 4 is 51.3 Å². The van der Waals surface area contributed by atoms with Crippen molar-refractivity contribution < 1.29 is 9.72 Å². The highest BCUT2D eigenvalue weighted by Crippen LogP contribution is 2.26. The third-order valence-electron chi connectivity index (χ3n) is 3.48. The number of rotatable bonds is 5. The zero-order chi connectivity index (χ0) is 18.7. The maximum atomic E-state index is 12.2. The van der Waals surface area contributed by atoms with E-state index in [1.54, 1.807) is 18.3 Å². The summed E-state index contributed by atoms with van der Waals surface area (Å²) in [4.78, 5) is 27.5. The number of amides is 1. The number of nitrogens with one attached hydrogen (secondary N) is 1. The minimum absolute atomic E-state index is 0.0697. The molecular formula is C17H11Cl2N3O3S. The Kier molecular flexibility index (Phi) is 5.51. The number of hydrogen-bond acceptors (Lipinski definition) is 5. The van der Waals surface area contributed by atoms with E-state index in [0.29, 0.717) is 27.2 Å². The molecule has 0 atom stereocenters. The van der Waals surface area contributed by atoms with Gasteiger partial charge in [0.1, 0.15) is 0 Å². The first-order valence-electron chi connectivity index (χ1n) is 7.37. The molecule has 1 amide bonds. The van der Waals surface area contributed by atoms with Crippen LogP contribution in [0.1, 0.15) is 20.8 Å². The number of benzene rings is 2. The zero-order valence-corrected chi connectivity index (χ0v) is 15.4. The first kappa shape index (κ1) is 18.3. The third kappa shape index (κ3) is 4.37. The van der Waals surface area contributed by atoms with Crippen LogP contribution >= 0.6 is 34.5 Å². The predicted molar refractivity (Wildman–Crippen MR) is 102 cm³/mol. The molecule has 9 heteroatoms. The van der Waals surface area contributed by atoms with Gasteiger partial charge in [-0.05, 0) is 29.8 Å². The summed E-state index contributed by atoms with van der Waals surface area (Å²) in [6.07, 6.45) is 2.29. The smallest absolute Gasteiger partial charge is 0.269 e. The standard InChI is InChI=1S/C17H11Cl2N3O3S/c18-14-6-1-10(8-15(14)19)7-13-9-20-17(26-13)21-16(23)11-2-4-12(5-3-11)22(24)25/h1-6,8-9H,7H2,(H,20,21,23). The van der Waals surface area contributed by atoms with Gasteiger partial charge >= 0.3 is 0 Å². The molecule has 0 saturated heterocycles. The molecule has 0 aliphatic heterocycles. The van der Waals surface area contributed by atoms with Crippen LogP contribution in [0.25, 0.3) is 0 Å². The fourth-order valence-electron chi connectivity index (χ4n) is 2.20. The molecule has 132 valence electrons. The molecule has 26 heavy (non-hydrogen) atoms. The largest absolute Gasteiger partial charge is 0.298 e. The summed E-state index contributed by atoms with van der Waals surface area (Å²) < 4.78 is 0. The minimum Gasteiger partial charge on any atom is -0.298 e. The number of carbonyl (C=O) groups is 1. The van der Waals surface area contributed by atoms with Crippen molar-refractivity contribution in [1.82, 2.24) is 4.98 Å². The minimum atomic E-state index is -0.516. The first-order valence-corrected chi connectivity index (χ1v) is 8.94. The van der Waals surface area contributed by atoms with Gasteiger partial charge in [0.05, 0.1) is 15.0 Å². The van der Waals surface area contributed by atoms with Crippen LogP contribution in [0, 0.1) is 10.1 Å². The van der Waals surface area contributed by atoms with Gasteiger partial charge in [0.2, 0.25) is 0 Å². The summed E-state index contributed by atoms with van der Waals surface area (Å²) in [5.41, 5.74) is 1.23.